The summed E-state index contributed by atoms with van der Waals surface area (Å²) in [6.45, 7) is 3.79. The van der Waals surface area contributed by atoms with Gasteiger partial charge in [-0.3, -0.25) is 9.59 Å². The molecule has 0 radical (unpaired) electrons. The van der Waals surface area contributed by atoms with Crippen molar-refractivity contribution in [1.82, 2.24) is 0 Å². The quantitative estimate of drug-likeness (QED) is 0.780. The number of cyclic esters (lactones) is 1. The lowest BCUT2D eigenvalue weighted by Gasteiger charge is -2.33. The van der Waals surface area contributed by atoms with Crippen molar-refractivity contribution in [2.75, 3.05) is 13.7 Å². The Morgan fingerprint density at radius 1 is 1.38 bits per heavy atom. The summed E-state index contributed by atoms with van der Waals surface area (Å²) in [6.07, 6.45) is 0.772. The van der Waals surface area contributed by atoms with Gasteiger partial charge in [-0.15, -0.1) is 0 Å². The predicted octanol–water partition coefficient (Wildman–Crippen LogP) is 2.43. The van der Waals surface area contributed by atoms with E-state index in [1.165, 1.54) is 0 Å². The lowest BCUT2D eigenvalue weighted by atomic mass is 9.80. The first kappa shape index (κ1) is 15.4. The number of carbonyl (C=O) groups excluding carboxylic acids is 2. The number of hydrogen-bond donors (Lipinski definition) is 0. The molecule has 0 unspecified atom stereocenters. The van der Waals surface area contributed by atoms with Crippen molar-refractivity contribution in [2.45, 2.75) is 32.3 Å². The van der Waals surface area contributed by atoms with Gasteiger partial charge in [-0.1, -0.05) is 12.1 Å². The van der Waals surface area contributed by atoms with E-state index in [4.69, 9.17) is 14.2 Å². The molecule has 1 aliphatic heterocycles. The fourth-order valence-electron chi connectivity index (χ4n) is 2.68. The van der Waals surface area contributed by atoms with Gasteiger partial charge in [0.25, 0.3) is 0 Å². The third-order valence-electron chi connectivity index (χ3n) is 3.91. The largest absolute Gasteiger partial charge is 0.497 e. The predicted molar refractivity (Wildman–Crippen MR) is 75.8 cm³/mol. The molecule has 0 aromatic heterocycles. The summed E-state index contributed by atoms with van der Waals surface area (Å²) in [7, 11) is 1.58. The van der Waals surface area contributed by atoms with Gasteiger partial charge in [0, 0.05) is 12.8 Å². The summed E-state index contributed by atoms with van der Waals surface area (Å²) >= 11 is 0. The van der Waals surface area contributed by atoms with Crippen LogP contribution in [0.5, 0.6) is 5.75 Å². The zero-order valence-corrected chi connectivity index (χ0v) is 12.5. The van der Waals surface area contributed by atoms with Crippen molar-refractivity contribution in [2.24, 2.45) is 5.92 Å². The van der Waals surface area contributed by atoms with Gasteiger partial charge in [0.15, 0.2) is 5.60 Å². The molecule has 1 heterocycles. The molecule has 1 fully saturated rings. The van der Waals surface area contributed by atoms with Crippen LogP contribution < -0.4 is 4.74 Å². The highest BCUT2D eigenvalue weighted by Gasteiger charge is 2.50. The highest BCUT2D eigenvalue weighted by molar-refractivity contribution is 5.78. The van der Waals surface area contributed by atoms with Gasteiger partial charge in [-0.2, -0.15) is 0 Å². The zero-order valence-electron chi connectivity index (χ0n) is 12.5. The second-order valence-corrected chi connectivity index (χ2v) is 5.07. The minimum absolute atomic E-state index is 0.290. The monoisotopic (exact) mass is 292 g/mol. The van der Waals surface area contributed by atoms with Crippen molar-refractivity contribution >= 4 is 11.9 Å². The molecule has 2 rings (SSSR count). The molecular formula is C16H20O5. The average molecular weight is 292 g/mol. The van der Waals surface area contributed by atoms with E-state index in [0.717, 1.165) is 5.56 Å². The van der Waals surface area contributed by atoms with E-state index in [0.29, 0.717) is 25.2 Å². The molecule has 0 N–H and O–H groups in total. The maximum absolute atomic E-state index is 12.1. The van der Waals surface area contributed by atoms with Crippen molar-refractivity contribution < 1.29 is 23.8 Å². The number of benzene rings is 1. The number of esters is 2. The van der Waals surface area contributed by atoms with E-state index in [1.807, 2.05) is 12.1 Å². The van der Waals surface area contributed by atoms with Gasteiger partial charge in [-0.25, -0.2) is 0 Å². The van der Waals surface area contributed by atoms with Crippen LogP contribution in [-0.2, 0) is 24.7 Å². The fraction of sp³-hybridized carbons (Fsp3) is 0.500. The van der Waals surface area contributed by atoms with E-state index >= 15 is 0 Å². The van der Waals surface area contributed by atoms with Crippen LogP contribution in [0.25, 0.3) is 0 Å². The van der Waals surface area contributed by atoms with Gasteiger partial charge in [0.1, 0.15) is 5.75 Å². The van der Waals surface area contributed by atoms with Crippen LogP contribution in [-0.4, -0.2) is 25.7 Å². The Hall–Kier alpha value is -2.04. The van der Waals surface area contributed by atoms with Crippen molar-refractivity contribution in [1.29, 1.82) is 0 Å². The molecule has 1 saturated heterocycles. The lowest BCUT2D eigenvalue weighted by Crippen LogP contribution is -2.39. The molecule has 0 bridgehead atoms. The summed E-state index contributed by atoms with van der Waals surface area (Å²) in [5.41, 5.74) is -0.162. The minimum Gasteiger partial charge on any atom is -0.497 e. The topological polar surface area (TPSA) is 61.8 Å². The Balaban J connectivity index is 2.37. The van der Waals surface area contributed by atoms with E-state index in [2.05, 4.69) is 0 Å². The molecule has 0 saturated carbocycles. The first-order chi connectivity index (χ1) is 10.0. The molecule has 5 heteroatoms. The Bertz CT molecular complexity index is 522. The molecule has 21 heavy (non-hydrogen) atoms. The maximum atomic E-state index is 12.1. The molecule has 0 spiro atoms. The lowest BCUT2D eigenvalue weighted by molar-refractivity contribution is -0.167. The van der Waals surface area contributed by atoms with Gasteiger partial charge in [-0.05, 0) is 31.5 Å². The maximum Gasteiger partial charge on any atom is 0.313 e. The van der Waals surface area contributed by atoms with E-state index in [1.54, 1.807) is 33.1 Å². The van der Waals surface area contributed by atoms with Crippen molar-refractivity contribution in [3.63, 3.8) is 0 Å². The van der Waals surface area contributed by atoms with E-state index < -0.39 is 11.5 Å². The molecular weight excluding hydrogens is 272 g/mol. The van der Waals surface area contributed by atoms with Crippen LogP contribution in [0.4, 0.5) is 0 Å². The summed E-state index contributed by atoms with van der Waals surface area (Å²) in [5, 5.41) is 0. The number of methoxy groups -OCH3 is 1. The van der Waals surface area contributed by atoms with Crippen LogP contribution in [0.15, 0.2) is 24.3 Å². The normalized spacial score (nSPS) is 22.5. The van der Waals surface area contributed by atoms with Crippen molar-refractivity contribution in [3.05, 3.63) is 29.8 Å². The Morgan fingerprint density at radius 2 is 2.05 bits per heavy atom. The molecule has 0 aliphatic carbocycles. The second kappa shape index (κ2) is 6.16. The molecule has 1 aromatic rings. The minimum atomic E-state index is -0.949. The number of hydrogen-bond acceptors (Lipinski definition) is 5. The second-order valence-electron chi connectivity index (χ2n) is 5.07. The standard InChI is InChI=1S/C16H20O5/c1-4-20-15(18)11(2)16(10-9-14(17)21-16)12-5-7-13(19-3)8-6-12/h5-8,11H,4,9-10H2,1-3H3/t11-,16-/m0/s1. The highest BCUT2D eigenvalue weighted by atomic mass is 16.6. The smallest absolute Gasteiger partial charge is 0.313 e. The average Bonchev–Trinajstić information content (AvgIpc) is 2.90. The molecule has 5 nitrogen and oxygen atoms in total. The highest BCUT2D eigenvalue weighted by Crippen LogP contribution is 2.44. The third kappa shape index (κ3) is 2.86. The van der Waals surface area contributed by atoms with Gasteiger partial charge >= 0.3 is 11.9 Å². The summed E-state index contributed by atoms with van der Waals surface area (Å²) in [6, 6.07) is 7.24. The number of carbonyl (C=O) groups is 2. The van der Waals surface area contributed by atoms with Gasteiger partial charge in [0.05, 0.1) is 19.6 Å². The van der Waals surface area contributed by atoms with Gasteiger partial charge < -0.3 is 14.2 Å². The third-order valence-corrected chi connectivity index (χ3v) is 3.91. The van der Waals surface area contributed by atoms with Crippen LogP contribution in [0.1, 0.15) is 32.3 Å². The Kier molecular flexibility index (Phi) is 4.50. The summed E-state index contributed by atoms with van der Waals surface area (Å²) < 4.78 is 15.8. The fourth-order valence-corrected chi connectivity index (χ4v) is 2.68. The first-order valence-electron chi connectivity index (χ1n) is 7.06. The SMILES string of the molecule is CCOC(=O)[C@H](C)[C@]1(c2ccc(OC)cc2)CCC(=O)O1. The molecule has 1 aliphatic rings. The number of rotatable bonds is 5. The first-order valence-corrected chi connectivity index (χ1v) is 7.06. The zero-order chi connectivity index (χ0) is 15.5. The van der Waals surface area contributed by atoms with E-state index in [-0.39, 0.29) is 11.9 Å². The molecule has 1 aromatic carbocycles. The van der Waals surface area contributed by atoms with Crippen LogP contribution in [0.2, 0.25) is 0 Å². The number of ether oxygens (including phenoxy) is 3. The summed E-state index contributed by atoms with van der Waals surface area (Å²) in [5.74, 6) is -0.496. The van der Waals surface area contributed by atoms with Crippen LogP contribution in [0.3, 0.4) is 0 Å². The summed E-state index contributed by atoms with van der Waals surface area (Å²) in [4.78, 5) is 23.7. The van der Waals surface area contributed by atoms with Gasteiger partial charge in [0.2, 0.25) is 0 Å². The molecule has 0 amide bonds. The Labute approximate surface area is 124 Å². The Morgan fingerprint density at radius 3 is 2.52 bits per heavy atom. The molecule has 2 atom stereocenters. The van der Waals surface area contributed by atoms with Crippen LogP contribution in [0, 0.1) is 5.92 Å². The van der Waals surface area contributed by atoms with Crippen molar-refractivity contribution in [3.8, 4) is 5.75 Å². The van der Waals surface area contributed by atoms with Crippen LogP contribution >= 0.6 is 0 Å². The molecule has 114 valence electrons. The van der Waals surface area contributed by atoms with E-state index in [9.17, 15) is 9.59 Å².